The Bertz CT molecular complexity index is 406. The van der Waals surface area contributed by atoms with E-state index in [0.717, 1.165) is 24.3 Å². The second kappa shape index (κ2) is 9.37. The third-order valence-corrected chi connectivity index (χ3v) is 2.88. The Hall–Kier alpha value is -1.55. The first kappa shape index (κ1) is 16.5. The van der Waals surface area contributed by atoms with E-state index >= 15 is 0 Å². The van der Waals surface area contributed by atoms with E-state index in [1.54, 1.807) is 0 Å². The monoisotopic (exact) mass is 279 g/mol. The number of carbonyl (C=O) groups excluding carboxylic acids is 1. The van der Waals surface area contributed by atoms with Crippen LogP contribution in [0.3, 0.4) is 0 Å². The summed E-state index contributed by atoms with van der Waals surface area (Å²) in [6, 6.07) is 7.60. The first-order valence-electron chi connectivity index (χ1n) is 7.26. The number of benzene rings is 1. The van der Waals surface area contributed by atoms with E-state index in [1.165, 1.54) is 0 Å². The van der Waals surface area contributed by atoms with Crippen molar-refractivity contribution in [1.82, 2.24) is 5.32 Å². The Morgan fingerprint density at radius 3 is 2.80 bits per heavy atom. The van der Waals surface area contributed by atoms with Gasteiger partial charge in [-0.3, -0.25) is 4.79 Å². The van der Waals surface area contributed by atoms with Crippen LogP contribution in [0.25, 0.3) is 0 Å². The van der Waals surface area contributed by atoms with Crippen LogP contribution in [0.1, 0.15) is 32.3 Å². The van der Waals surface area contributed by atoms with E-state index in [9.17, 15) is 4.79 Å². The average Bonchev–Trinajstić information content (AvgIpc) is 2.43. The van der Waals surface area contributed by atoms with Crippen LogP contribution in [0, 0.1) is 6.92 Å². The predicted molar refractivity (Wildman–Crippen MR) is 80.0 cm³/mol. The van der Waals surface area contributed by atoms with E-state index in [0.29, 0.717) is 19.6 Å². The number of carbonyl (C=O) groups is 1. The zero-order valence-electron chi connectivity index (χ0n) is 12.6. The van der Waals surface area contributed by atoms with Gasteiger partial charge in [0, 0.05) is 6.42 Å². The van der Waals surface area contributed by atoms with Gasteiger partial charge in [-0.05, 0) is 44.5 Å². The highest BCUT2D eigenvalue weighted by Crippen LogP contribution is 2.12. The van der Waals surface area contributed by atoms with Crippen LogP contribution >= 0.6 is 0 Å². The minimum absolute atomic E-state index is 0.200. The molecule has 0 saturated carbocycles. The summed E-state index contributed by atoms with van der Waals surface area (Å²) in [7, 11) is 0. The first-order chi connectivity index (χ1) is 9.67. The molecular weight excluding hydrogens is 254 g/mol. The summed E-state index contributed by atoms with van der Waals surface area (Å²) in [6.07, 6.45) is 1.58. The number of hydrogen-bond acceptors (Lipinski definition) is 4. The van der Waals surface area contributed by atoms with Crippen molar-refractivity contribution in [2.45, 2.75) is 39.7 Å². The van der Waals surface area contributed by atoms with E-state index in [2.05, 4.69) is 12.2 Å². The number of aryl methyl sites for hydroxylation is 1. The fourth-order valence-electron chi connectivity index (χ4n) is 1.86. The Morgan fingerprint density at radius 2 is 2.15 bits per heavy atom. The molecule has 0 aliphatic rings. The maximum atomic E-state index is 11.8. The van der Waals surface area contributed by atoms with Crippen molar-refractivity contribution in [1.29, 1.82) is 0 Å². The van der Waals surface area contributed by atoms with Crippen molar-refractivity contribution in [3.8, 4) is 5.75 Å². The molecule has 0 aromatic heterocycles. The summed E-state index contributed by atoms with van der Waals surface area (Å²) < 4.78 is 10.7. The highest BCUT2D eigenvalue weighted by Gasteiger charge is 2.18. The Balaban J connectivity index is 2.42. The van der Waals surface area contributed by atoms with Crippen LogP contribution in [0.2, 0.25) is 0 Å². The summed E-state index contributed by atoms with van der Waals surface area (Å²) in [5.41, 5.74) is 1.16. The molecule has 0 heterocycles. The maximum Gasteiger partial charge on any atom is 0.323 e. The molecule has 0 aliphatic heterocycles. The summed E-state index contributed by atoms with van der Waals surface area (Å²) in [5.74, 6) is 0.636. The lowest BCUT2D eigenvalue weighted by molar-refractivity contribution is -0.146. The molecule has 1 aromatic carbocycles. The van der Waals surface area contributed by atoms with Crippen molar-refractivity contribution >= 4 is 5.97 Å². The SMILES string of the molecule is CCCNC(CCOc1cccc(C)c1)C(=O)OCC. The normalized spacial score (nSPS) is 11.9. The minimum atomic E-state index is -0.292. The molecule has 0 saturated heterocycles. The third-order valence-electron chi connectivity index (χ3n) is 2.88. The molecule has 0 radical (unpaired) electrons. The smallest absolute Gasteiger partial charge is 0.323 e. The van der Waals surface area contributed by atoms with Gasteiger partial charge in [0.2, 0.25) is 0 Å². The fourth-order valence-corrected chi connectivity index (χ4v) is 1.86. The second-order valence-corrected chi connectivity index (χ2v) is 4.71. The first-order valence-corrected chi connectivity index (χ1v) is 7.26. The van der Waals surface area contributed by atoms with Gasteiger partial charge in [0.25, 0.3) is 0 Å². The quantitative estimate of drug-likeness (QED) is 0.706. The van der Waals surface area contributed by atoms with Gasteiger partial charge in [-0.2, -0.15) is 0 Å². The van der Waals surface area contributed by atoms with Gasteiger partial charge in [0.1, 0.15) is 11.8 Å². The molecule has 4 nitrogen and oxygen atoms in total. The molecule has 0 bridgehead atoms. The summed E-state index contributed by atoms with van der Waals surface area (Å²) in [6.45, 7) is 7.60. The summed E-state index contributed by atoms with van der Waals surface area (Å²) >= 11 is 0. The lowest BCUT2D eigenvalue weighted by atomic mass is 10.2. The highest BCUT2D eigenvalue weighted by atomic mass is 16.5. The highest BCUT2D eigenvalue weighted by molar-refractivity contribution is 5.75. The molecule has 0 amide bonds. The summed E-state index contributed by atoms with van der Waals surface area (Å²) in [4.78, 5) is 11.8. The molecule has 1 atom stereocenters. The van der Waals surface area contributed by atoms with E-state index in [-0.39, 0.29) is 12.0 Å². The van der Waals surface area contributed by atoms with Crippen molar-refractivity contribution in [3.05, 3.63) is 29.8 Å². The van der Waals surface area contributed by atoms with Crippen LogP contribution < -0.4 is 10.1 Å². The Morgan fingerprint density at radius 1 is 1.35 bits per heavy atom. The number of rotatable bonds is 9. The zero-order chi connectivity index (χ0) is 14.8. The average molecular weight is 279 g/mol. The molecule has 4 heteroatoms. The van der Waals surface area contributed by atoms with Crippen molar-refractivity contribution in [2.75, 3.05) is 19.8 Å². The number of hydrogen-bond donors (Lipinski definition) is 1. The zero-order valence-corrected chi connectivity index (χ0v) is 12.6. The molecular formula is C16H25NO3. The molecule has 1 N–H and O–H groups in total. The number of ether oxygens (including phenoxy) is 2. The van der Waals surface area contributed by atoms with Crippen molar-refractivity contribution in [2.24, 2.45) is 0 Å². The molecule has 1 unspecified atom stereocenters. The summed E-state index contributed by atoms with van der Waals surface area (Å²) in [5, 5.41) is 3.20. The van der Waals surface area contributed by atoms with Gasteiger partial charge >= 0.3 is 5.97 Å². The topological polar surface area (TPSA) is 47.6 Å². The van der Waals surface area contributed by atoms with Gasteiger partial charge in [-0.15, -0.1) is 0 Å². The molecule has 0 aliphatic carbocycles. The van der Waals surface area contributed by atoms with Gasteiger partial charge in [-0.25, -0.2) is 0 Å². The molecule has 1 rings (SSSR count). The Kier molecular flexibility index (Phi) is 7.73. The molecule has 0 spiro atoms. The molecule has 112 valence electrons. The number of esters is 1. The Labute approximate surface area is 121 Å². The van der Waals surface area contributed by atoms with Gasteiger partial charge in [0.15, 0.2) is 0 Å². The van der Waals surface area contributed by atoms with Crippen LogP contribution in [0.4, 0.5) is 0 Å². The fraction of sp³-hybridized carbons (Fsp3) is 0.562. The van der Waals surface area contributed by atoms with E-state index in [1.807, 2.05) is 38.1 Å². The van der Waals surface area contributed by atoms with Gasteiger partial charge in [0.05, 0.1) is 13.2 Å². The standard InChI is InChI=1S/C16H25NO3/c1-4-10-17-15(16(18)19-5-2)9-11-20-14-8-6-7-13(3)12-14/h6-8,12,15,17H,4-5,9-11H2,1-3H3. The molecule has 20 heavy (non-hydrogen) atoms. The van der Waals surface area contributed by atoms with E-state index < -0.39 is 0 Å². The van der Waals surface area contributed by atoms with Crippen molar-refractivity contribution < 1.29 is 14.3 Å². The molecule has 0 fully saturated rings. The van der Waals surface area contributed by atoms with Crippen molar-refractivity contribution in [3.63, 3.8) is 0 Å². The third kappa shape index (κ3) is 6.06. The predicted octanol–water partition coefficient (Wildman–Crippen LogP) is 2.70. The lowest BCUT2D eigenvalue weighted by Gasteiger charge is -2.17. The van der Waals surface area contributed by atoms with Crippen LogP contribution in [0.15, 0.2) is 24.3 Å². The van der Waals surface area contributed by atoms with Crippen LogP contribution in [0.5, 0.6) is 5.75 Å². The van der Waals surface area contributed by atoms with Crippen LogP contribution in [-0.2, 0) is 9.53 Å². The largest absolute Gasteiger partial charge is 0.494 e. The van der Waals surface area contributed by atoms with Crippen LogP contribution in [-0.4, -0.2) is 31.8 Å². The molecule has 1 aromatic rings. The second-order valence-electron chi connectivity index (χ2n) is 4.71. The van der Waals surface area contributed by atoms with E-state index in [4.69, 9.17) is 9.47 Å². The number of nitrogens with one attached hydrogen (secondary N) is 1. The minimum Gasteiger partial charge on any atom is -0.494 e. The lowest BCUT2D eigenvalue weighted by Crippen LogP contribution is -2.39. The van der Waals surface area contributed by atoms with Gasteiger partial charge < -0.3 is 14.8 Å². The maximum absolute atomic E-state index is 11.8. The van der Waals surface area contributed by atoms with Gasteiger partial charge in [-0.1, -0.05) is 19.1 Å².